The van der Waals surface area contributed by atoms with Crippen LogP contribution >= 0.6 is 0 Å². The van der Waals surface area contributed by atoms with E-state index in [4.69, 9.17) is 5.11 Å². The van der Waals surface area contributed by atoms with Gasteiger partial charge in [0.15, 0.2) is 0 Å². The Morgan fingerprint density at radius 2 is 1.95 bits per heavy atom. The van der Waals surface area contributed by atoms with Gasteiger partial charge < -0.3 is 10.4 Å². The summed E-state index contributed by atoms with van der Waals surface area (Å²) in [4.78, 5) is 21.8. The number of unbranched alkanes of at least 4 members (excludes halogenated alkanes) is 1. The van der Waals surface area contributed by atoms with Crippen molar-refractivity contribution in [1.82, 2.24) is 0 Å². The zero-order chi connectivity index (χ0) is 14.3. The minimum atomic E-state index is -0.863. The highest BCUT2D eigenvalue weighted by Crippen LogP contribution is 2.15. The van der Waals surface area contributed by atoms with Crippen LogP contribution in [0.4, 0.5) is 10.1 Å². The lowest BCUT2D eigenvalue weighted by molar-refractivity contribution is -0.137. The third-order valence-electron chi connectivity index (χ3n) is 2.76. The minimum Gasteiger partial charge on any atom is -0.481 e. The number of nitrogens with one attached hydrogen (secondary N) is 1. The zero-order valence-corrected chi connectivity index (χ0v) is 10.9. The molecular formula is C14H18FNO3. The van der Waals surface area contributed by atoms with Crippen molar-refractivity contribution in [3.8, 4) is 0 Å². The standard InChI is InChI=1S/C14H18FNO3/c1-2-10-7-8-11(9-12(10)15)16-13(17)5-3-4-6-14(18)19/h7-9H,2-6H2,1H3,(H,16,17)(H,18,19). The topological polar surface area (TPSA) is 66.4 Å². The number of rotatable bonds is 7. The summed E-state index contributed by atoms with van der Waals surface area (Å²) in [6, 6.07) is 4.61. The van der Waals surface area contributed by atoms with E-state index >= 15 is 0 Å². The summed E-state index contributed by atoms with van der Waals surface area (Å²) in [5.41, 5.74) is 1.04. The Morgan fingerprint density at radius 1 is 1.26 bits per heavy atom. The average molecular weight is 267 g/mol. The Kier molecular flexibility index (Phi) is 5.99. The first kappa shape index (κ1) is 15.1. The van der Waals surface area contributed by atoms with E-state index in [1.807, 2.05) is 6.92 Å². The Bertz CT molecular complexity index is 460. The van der Waals surface area contributed by atoms with Crippen molar-refractivity contribution in [2.45, 2.75) is 39.0 Å². The number of halogens is 1. The molecule has 0 unspecified atom stereocenters. The summed E-state index contributed by atoms with van der Waals surface area (Å²) < 4.78 is 13.5. The highest BCUT2D eigenvalue weighted by atomic mass is 19.1. The van der Waals surface area contributed by atoms with Crippen LogP contribution in [-0.4, -0.2) is 17.0 Å². The Hall–Kier alpha value is -1.91. The van der Waals surface area contributed by atoms with E-state index in [9.17, 15) is 14.0 Å². The van der Waals surface area contributed by atoms with Crippen molar-refractivity contribution >= 4 is 17.6 Å². The van der Waals surface area contributed by atoms with E-state index in [1.54, 1.807) is 12.1 Å². The number of aliphatic carboxylic acids is 1. The molecule has 0 aliphatic rings. The SMILES string of the molecule is CCc1ccc(NC(=O)CCCCC(=O)O)cc1F. The van der Waals surface area contributed by atoms with Gasteiger partial charge in [0.25, 0.3) is 0 Å². The summed E-state index contributed by atoms with van der Waals surface area (Å²) in [7, 11) is 0. The number of anilines is 1. The van der Waals surface area contributed by atoms with Crippen LogP contribution in [0, 0.1) is 5.82 Å². The van der Waals surface area contributed by atoms with E-state index in [0.29, 0.717) is 30.5 Å². The van der Waals surface area contributed by atoms with Crippen LogP contribution in [-0.2, 0) is 16.0 Å². The van der Waals surface area contributed by atoms with Crippen molar-refractivity contribution in [1.29, 1.82) is 0 Å². The molecule has 2 N–H and O–H groups in total. The molecule has 1 rings (SSSR count). The molecule has 4 nitrogen and oxygen atoms in total. The number of hydrogen-bond donors (Lipinski definition) is 2. The van der Waals surface area contributed by atoms with Gasteiger partial charge in [0.2, 0.25) is 5.91 Å². The fourth-order valence-corrected chi connectivity index (χ4v) is 1.70. The molecule has 19 heavy (non-hydrogen) atoms. The zero-order valence-electron chi connectivity index (χ0n) is 10.9. The van der Waals surface area contributed by atoms with Crippen LogP contribution in [0.1, 0.15) is 38.2 Å². The molecule has 1 aromatic rings. The summed E-state index contributed by atoms with van der Waals surface area (Å²) in [6.07, 6.45) is 1.88. The molecule has 0 atom stereocenters. The van der Waals surface area contributed by atoms with Gasteiger partial charge >= 0.3 is 5.97 Å². The van der Waals surface area contributed by atoms with E-state index in [2.05, 4.69) is 5.32 Å². The summed E-state index contributed by atoms with van der Waals surface area (Å²) >= 11 is 0. The molecule has 0 heterocycles. The summed E-state index contributed by atoms with van der Waals surface area (Å²) in [5.74, 6) is -1.42. The van der Waals surface area contributed by atoms with Gasteiger partial charge in [-0.25, -0.2) is 4.39 Å². The van der Waals surface area contributed by atoms with Gasteiger partial charge in [-0.15, -0.1) is 0 Å². The maximum absolute atomic E-state index is 13.5. The van der Waals surface area contributed by atoms with Gasteiger partial charge in [-0.2, -0.15) is 0 Å². The Balaban J connectivity index is 2.40. The van der Waals surface area contributed by atoms with Crippen molar-refractivity contribution < 1.29 is 19.1 Å². The quantitative estimate of drug-likeness (QED) is 0.746. The second kappa shape index (κ2) is 7.51. The first-order valence-corrected chi connectivity index (χ1v) is 6.33. The number of carboxylic acids is 1. The van der Waals surface area contributed by atoms with E-state index in [-0.39, 0.29) is 24.6 Å². The van der Waals surface area contributed by atoms with Crippen molar-refractivity contribution in [2.24, 2.45) is 0 Å². The van der Waals surface area contributed by atoms with Crippen LogP contribution in [0.15, 0.2) is 18.2 Å². The molecule has 0 saturated carbocycles. The summed E-state index contributed by atoms with van der Waals surface area (Å²) in [6.45, 7) is 1.86. The molecule has 5 heteroatoms. The number of carbonyl (C=O) groups excluding carboxylic acids is 1. The lowest BCUT2D eigenvalue weighted by Crippen LogP contribution is -2.11. The van der Waals surface area contributed by atoms with Crippen LogP contribution in [0.2, 0.25) is 0 Å². The maximum Gasteiger partial charge on any atom is 0.303 e. The van der Waals surface area contributed by atoms with Crippen LogP contribution < -0.4 is 5.32 Å². The number of carboxylic acid groups (broad SMARTS) is 1. The van der Waals surface area contributed by atoms with Gasteiger partial charge in [0.05, 0.1) is 0 Å². The molecule has 0 aliphatic heterocycles. The van der Waals surface area contributed by atoms with E-state index in [0.717, 1.165) is 0 Å². The van der Waals surface area contributed by atoms with Gasteiger partial charge in [-0.05, 0) is 37.0 Å². The maximum atomic E-state index is 13.5. The highest BCUT2D eigenvalue weighted by molar-refractivity contribution is 5.90. The minimum absolute atomic E-state index is 0.0626. The fraction of sp³-hybridized carbons (Fsp3) is 0.429. The number of hydrogen-bond acceptors (Lipinski definition) is 2. The predicted octanol–water partition coefficient (Wildman–Crippen LogP) is 2.97. The molecule has 0 aliphatic carbocycles. The first-order chi connectivity index (χ1) is 9.02. The molecule has 0 spiro atoms. The number of amides is 1. The normalized spacial score (nSPS) is 10.2. The van der Waals surface area contributed by atoms with Crippen molar-refractivity contribution in [3.63, 3.8) is 0 Å². The molecule has 0 bridgehead atoms. The molecule has 0 fully saturated rings. The third kappa shape index (κ3) is 5.50. The molecule has 0 aromatic heterocycles. The van der Waals surface area contributed by atoms with Crippen LogP contribution in [0.5, 0.6) is 0 Å². The monoisotopic (exact) mass is 267 g/mol. The van der Waals surface area contributed by atoms with Crippen molar-refractivity contribution in [2.75, 3.05) is 5.32 Å². The van der Waals surface area contributed by atoms with E-state index < -0.39 is 5.97 Å². The van der Waals surface area contributed by atoms with E-state index in [1.165, 1.54) is 6.07 Å². The second-order valence-corrected chi connectivity index (χ2v) is 4.31. The lowest BCUT2D eigenvalue weighted by Gasteiger charge is -2.07. The van der Waals surface area contributed by atoms with Gasteiger partial charge in [0, 0.05) is 18.5 Å². The number of aryl methyl sites for hydroxylation is 1. The van der Waals surface area contributed by atoms with Gasteiger partial charge in [-0.3, -0.25) is 9.59 Å². The molecule has 1 amide bonds. The fourth-order valence-electron chi connectivity index (χ4n) is 1.70. The molecule has 104 valence electrons. The third-order valence-corrected chi connectivity index (χ3v) is 2.76. The number of benzene rings is 1. The Morgan fingerprint density at radius 3 is 2.53 bits per heavy atom. The summed E-state index contributed by atoms with van der Waals surface area (Å²) in [5, 5.41) is 11.0. The van der Waals surface area contributed by atoms with Crippen molar-refractivity contribution in [3.05, 3.63) is 29.6 Å². The Labute approximate surface area is 111 Å². The largest absolute Gasteiger partial charge is 0.481 e. The smallest absolute Gasteiger partial charge is 0.303 e. The highest BCUT2D eigenvalue weighted by Gasteiger charge is 2.06. The van der Waals surface area contributed by atoms with Crippen LogP contribution in [0.3, 0.4) is 0 Å². The molecule has 1 aromatic carbocycles. The lowest BCUT2D eigenvalue weighted by atomic mass is 10.1. The van der Waals surface area contributed by atoms with Gasteiger partial charge in [-0.1, -0.05) is 13.0 Å². The average Bonchev–Trinajstić information content (AvgIpc) is 2.35. The molecule has 0 saturated heterocycles. The van der Waals surface area contributed by atoms with Gasteiger partial charge in [0.1, 0.15) is 5.82 Å². The first-order valence-electron chi connectivity index (χ1n) is 6.33. The molecular weight excluding hydrogens is 249 g/mol. The second-order valence-electron chi connectivity index (χ2n) is 4.31. The van der Waals surface area contributed by atoms with Crippen LogP contribution in [0.25, 0.3) is 0 Å². The predicted molar refractivity (Wildman–Crippen MR) is 70.5 cm³/mol. The molecule has 0 radical (unpaired) electrons. The number of carbonyl (C=O) groups is 2.